The lowest BCUT2D eigenvalue weighted by Crippen LogP contribution is -2.27. The molecule has 2 rings (SSSR count). The maximum absolute atomic E-state index is 12.5. The molecule has 2 aromatic rings. The topological polar surface area (TPSA) is 81.4 Å². The predicted molar refractivity (Wildman–Crippen MR) is 86.9 cm³/mol. The number of aromatic nitrogens is 1. The van der Waals surface area contributed by atoms with Crippen molar-refractivity contribution < 1.29 is 17.7 Å². The molecule has 0 bridgehead atoms. The van der Waals surface area contributed by atoms with E-state index in [1.165, 1.54) is 0 Å². The highest BCUT2D eigenvalue weighted by Crippen LogP contribution is 2.24. The quantitative estimate of drug-likeness (QED) is 0.875. The third-order valence-electron chi connectivity index (χ3n) is 3.30. The number of aryl methyl sites for hydroxylation is 2. The van der Waals surface area contributed by atoms with E-state index in [1.807, 2.05) is 38.1 Å². The van der Waals surface area contributed by atoms with Crippen LogP contribution in [0.5, 0.6) is 5.75 Å². The minimum Gasteiger partial charge on any atom is -0.491 e. The lowest BCUT2D eigenvalue weighted by atomic mass is 10.1. The Hall–Kier alpha value is -1.86. The summed E-state index contributed by atoms with van der Waals surface area (Å²) in [5.74, 6) is 0.986. The van der Waals surface area contributed by atoms with Gasteiger partial charge in [0.15, 0.2) is 5.76 Å². The predicted octanol–water partition coefficient (Wildman–Crippen LogP) is 3.12. The van der Waals surface area contributed by atoms with Gasteiger partial charge in [0, 0.05) is 6.04 Å². The van der Waals surface area contributed by atoms with Crippen LogP contribution in [0, 0.1) is 13.8 Å². The van der Waals surface area contributed by atoms with E-state index in [1.54, 1.807) is 20.8 Å². The van der Waals surface area contributed by atoms with E-state index in [-0.39, 0.29) is 16.8 Å². The van der Waals surface area contributed by atoms with Crippen LogP contribution >= 0.6 is 0 Å². The van der Waals surface area contributed by atoms with E-state index in [4.69, 9.17) is 9.26 Å². The second-order valence-electron chi connectivity index (χ2n) is 5.74. The lowest BCUT2D eigenvalue weighted by Gasteiger charge is -2.16. The van der Waals surface area contributed by atoms with Crippen molar-refractivity contribution in [3.8, 4) is 5.75 Å². The molecule has 126 valence electrons. The number of benzene rings is 1. The molecule has 23 heavy (non-hydrogen) atoms. The molecule has 0 aliphatic heterocycles. The summed E-state index contributed by atoms with van der Waals surface area (Å²) in [5, 5.41) is 3.70. The Labute approximate surface area is 136 Å². The first-order valence-electron chi connectivity index (χ1n) is 7.42. The Balaban J connectivity index is 2.23. The van der Waals surface area contributed by atoms with Gasteiger partial charge in [-0.2, -0.15) is 0 Å². The Morgan fingerprint density at radius 1 is 1.22 bits per heavy atom. The van der Waals surface area contributed by atoms with Crippen LogP contribution in [0.3, 0.4) is 0 Å². The molecule has 0 amide bonds. The number of nitrogens with zero attached hydrogens (tertiary/aromatic N) is 1. The van der Waals surface area contributed by atoms with Gasteiger partial charge in [-0.05, 0) is 52.3 Å². The molecular weight excluding hydrogens is 316 g/mol. The fourth-order valence-corrected chi connectivity index (χ4v) is 3.91. The van der Waals surface area contributed by atoms with Gasteiger partial charge in [-0.15, -0.1) is 0 Å². The van der Waals surface area contributed by atoms with Gasteiger partial charge >= 0.3 is 0 Å². The standard InChI is InChI=1S/C16H22N2O4S/c1-10(2)21-15-8-6-7-14(9-15)11(3)18-23(19,20)16-12(4)17-22-13(16)5/h6-11,18H,1-5H3/t11-/m0/s1. The summed E-state index contributed by atoms with van der Waals surface area (Å²) < 4.78 is 38.3. The Bertz CT molecular complexity index is 762. The summed E-state index contributed by atoms with van der Waals surface area (Å²) in [6.45, 7) is 8.85. The molecular formula is C16H22N2O4S. The van der Waals surface area contributed by atoms with E-state index in [2.05, 4.69) is 9.88 Å². The number of nitrogens with one attached hydrogen (secondary N) is 1. The van der Waals surface area contributed by atoms with E-state index in [9.17, 15) is 8.42 Å². The third-order valence-corrected chi connectivity index (χ3v) is 5.08. The number of hydrogen-bond acceptors (Lipinski definition) is 5. The van der Waals surface area contributed by atoms with Crippen molar-refractivity contribution >= 4 is 10.0 Å². The molecule has 1 N–H and O–H groups in total. The second-order valence-corrected chi connectivity index (χ2v) is 7.39. The van der Waals surface area contributed by atoms with Crippen molar-refractivity contribution in [1.29, 1.82) is 0 Å². The van der Waals surface area contributed by atoms with Gasteiger partial charge in [-0.3, -0.25) is 0 Å². The summed E-state index contributed by atoms with van der Waals surface area (Å²) in [5.41, 5.74) is 1.16. The maximum Gasteiger partial charge on any atom is 0.246 e. The van der Waals surface area contributed by atoms with E-state index < -0.39 is 16.1 Å². The SMILES string of the molecule is Cc1noc(C)c1S(=O)(=O)N[C@@H](C)c1cccc(OC(C)C)c1. The van der Waals surface area contributed by atoms with Crippen LogP contribution in [0.2, 0.25) is 0 Å². The molecule has 0 aliphatic carbocycles. The van der Waals surface area contributed by atoms with Crippen molar-refractivity contribution in [2.24, 2.45) is 0 Å². The van der Waals surface area contributed by atoms with Crippen LogP contribution in [-0.2, 0) is 10.0 Å². The first-order valence-corrected chi connectivity index (χ1v) is 8.91. The molecule has 0 saturated heterocycles. The fraction of sp³-hybridized carbons (Fsp3) is 0.438. The van der Waals surface area contributed by atoms with E-state index >= 15 is 0 Å². The Morgan fingerprint density at radius 3 is 2.48 bits per heavy atom. The number of hydrogen-bond donors (Lipinski definition) is 1. The van der Waals surface area contributed by atoms with E-state index in [0.717, 1.165) is 5.56 Å². The molecule has 1 aromatic heterocycles. The molecule has 0 radical (unpaired) electrons. The normalized spacial score (nSPS) is 13.3. The summed E-state index contributed by atoms with van der Waals surface area (Å²) in [6, 6.07) is 6.96. The maximum atomic E-state index is 12.5. The van der Waals surface area contributed by atoms with E-state index in [0.29, 0.717) is 11.4 Å². The van der Waals surface area contributed by atoms with Gasteiger partial charge in [-0.1, -0.05) is 17.3 Å². The molecule has 7 heteroatoms. The molecule has 1 atom stereocenters. The molecule has 0 aliphatic rings. The minimum atomic E-state index is -3.71. The summed E-state index contributed by atoms with van der Waals surface area (Å²) in [7, 11) is -3.71. The van der Waals surface area contributed by atoms with Crippen LogP contribution in [0.25, 0.3) is 0 Å². The number of ether oxygens (including phenoxy) is 1. The Kier molecular flexibility index (Phi) is 5.11. The molecule has 0 fully saturated rings. The summed E-state index contributed by atoms with van der Waals surface area (Å²) >= 11 is 0. The zero-order valence-corrected chi connectivity index (χ0v) is 14.8. The first-order chi connectivity index (χ1) is 10.7. The highest BCUT2D eigenvalue weighted by atomic mass is 32.2. The van der Waals surface area contributed by atoms with Gasteiger partial charge in [0.1, 0.15) is 16.3 Å². The monoisotopic (exact) mass is 338 g/mol. The van der Waals surface area contributed by atoms with Crippen LogP contribution in [0.15, 0.2) is 33.7 Å². The average Bonchev–Trinajstić information content (AvgIpc) is 2.77. The largest absolute Gasteiger partial charge is 0.491 e. The summed E-state index contributed by atoms with van der Waals surface area (Å²) in [4.78, 5) is 0.0962. The van der Waals surface area contributed by atoms with Gasteiger partial charge in [-0.25, -0.2) is 13.1 Å². The average molecular weight is 338 g/mol. The minimum absolute atomic E-state index is 0.0551. The zero-order chi connectivity index (χ0) is 17.2. The van der Waals surface area contributed by atoms with Gasteiger partial charge in [0.25, 0.3) is 0 Å². The van der Waals surface area contributed by atoms with Crippen LogP contribution < -0.4 is 9.46 Å². The van der Waals surface area contributed by atoms with Crippen molar-refractivity contribution in [3.05, 3.63) is 41.3 Å². The van der Waals surface area contributed by atoms with Gasteiger partial charge < -0.3 is 9.26 Å². The molecule has 1 aromatic carbocycles. The zero-order valence-electron chi connectivity index (χ0n) is 14.0. The first kappa shape index (κ1) is 17.5. The lowest BCUT2D eigenvalue weighted by molar-refractivity contribution is 0.242. The Morgan fingerprint density at radius 2 is 1.91 bits per heavy atom. The van der Waals surface area contributed by atoms with Crippen molar-refractivity contribution in [3.63, 3.8) is 0 Å². The van der Waals surface area contributed by atoms with Crippen molar-refractivity contribution in [1.82, 2.24) is 9.88 Å². The summed E-state index contributed by atoms with van der Waals surface area (Å²) in [6.07, 6.45) is 0.0551. The molecule has 1 heterocycles. The molecule has 6 nitrogen and oxygen atoms in total. The van der Waals surface area contributed by atoms with Crippen LogP contribution in [0.1, 0.15) is 43.8 Å². The van der Waals surface area contributed by atoms with Crippen molar-refractivity contribution in [2.45, 2.75) is 51.7 Å². The number of sulfonamides is 1. The molecule has 0 saturated carbocycles. The molecule has 0 spiro atoms. The van der Waals surface area contributed by atoms with Crippen molar-refractivity contribution in [2.75, 3.05) is 0 Å². The third kappa shape index (κ3) is 4.11. The van der Waals surface area contributed by atoms with Gasteiger partial charge in [0.2, 0.25) is 10.0 Å². The fourth-order valence-electron chi connectivity index (χ4n) is 2.35. The second kappa shape index (κ2) is 6.72. The molecule has 0 unspecified atom stereocenters. The van der Waals surface area contributed by atoms with Crippen LogP contribution in [-0.4, -0.2) is 19.7 Å². The van der Waals surface area contributed by atoms with Gasteiger partial charge in [0.05, 0.1) is 6.10 Å². The van der Waals surface area contributed by atoms with Crippen LogP contribution in [0.4, 0.5) is 0 Å². The highest BCUT2D eigenvalue weighted by molar-refractivity contribution is 7.89. The smallest absolute Gasteiger partial charge is 0.246 e. The highest BCUT2D eigenvalue weighted by Gasteiger charge is 2.26. The number of rotatable bonds is 6.